The summed E-state index contributed by atoms with van der Waals surface area (Å²) in [5, 5.41) is 3.91. The summed E-state index contributed by atoms with van der Waals surface area (Å²) < 4.78 is 11.1. The van der Waals surface area contributed by atoms with E-state index < -0.39 is 0 Å². The molecule has 0 aromatic heterocycles. The lowest BCUT2D eigenvalue weighted by Crippen LogP contribution is -2.38. The fourth-order valence-corrected chi connectivity index (χ4v) is 5.00. The molecule has 0 bridgehead atoms. The summed E-state index contributed by atoms with van der Waals surface area (Å²) in [6, 6.07) is 10.9. The Morgan fingerprint density at radius 3 is 2.55 bits per heavy atom. The molecule has 31 heavy (non-hydrogen) atoms. The van der Waals surface area contributed by atoms with Crippen molar-refractivity contribution in [1.29, 1.82) is 0 Å². The average molecular weight is 460 g/mol. The molecule has 0 saturated carbocycles. The second-order valence-electron chi connectivity index (χ2n) is 7.73. The zero-order chi connectivity index (χ0) is 22.1. The first kappa shape index (κ1) is 21.7. The van der Waals surface area contributed by atoms with E-state index in [1.54, 1.807) is 25.3 Å². The Labute approximate surface area is 191 Å². The smallest absolute Gasteiger partial charge is 0.225 e. The van der Waals surface area contributed by atoms with Crippen LogP contribution in [0.15, 0.2) is 47.7 Å². The predicted octanol–water partition coefficient (Wildman–Crippen LogP) is 5.41. The van der Waals surface area contributed by atoms with Gasteiger partial charge in [-0.15, -0.1) is 0 Å². The molecule has 1 amide bonds. The van der Waals surface area contributed by atoms with E-state index in [0.29, 0.717) is 52.3 Å². The van der Waals surface area contributed by atoms with Gasteiger partial charge < -0.3 is 14.8 Å². The predicted molar refractivity (Wildman–Crippen MR) is 120 cm³/mol. The Bertz CT molecular complexity index is 1080. The van der Waals surface area contributed by atoms with E-state index in [-0.39, 0.29) is 29.9 Å². The molecule has 2 aliphatic rings. The Balaban J connectivity index is 1.69. The summed E-state index contributed by atoms with van der Waals surface area (Å²) in [6.45, 7) is 2.45. The molecular formula is C24H23Cl2NO4. The quantitative estimate of drug-likeness (QED) is 0.649. The molecule has 1 heterocycles. The lowest BCUT2D eigenvalue weighted by atomic mass is 9.73. The van der Waals surface area contributed by atoms with Gasteiger partial charge in [-0.2, -0.15) is 0 Å². The number of benzene rings is 2. The number of rotatable bonds is 5. The number of carbonyl (C=O) groups is 2. The van der Waals surface area contributed by atoms with Crippen LogP contribution >= 0.6 is 23.2 Å². The van der Waals surface area contributed by atoms with Crippen LogP contribution in [0.25, 0.3) is 0 Å². The van der Waals surface area contributed by atoms with Crippen LogP contribution in [0.4, 0.5) is 0 Å². The van der Waals surface area contributed by atoms with Gasteiger partial charge in [0.25, 0.3) is 0 Å². The number of ether oxygens (including phenoxy) is 2. The van der Waals surface area contributed by atoms with Crippen LogP contribution in [-0.4, -0.2) is 25.4 Å². The molecular weight excluding hydrogens is 437 g/mol. The molecule has 0 radical (unpaired) electrons. The first-order chi connectivity index (χ1) is 14.9. The number of Topliss-reactive ketones (excluding diaryl/α,β-unsaturated/α-hetero) is 1. The van der Waals surface area contributed by atoms with Crippen LogP contribution < -0.4 is 14.8 Å². The van der Waals surface area contributed by atoms with Crippen LogP contribution in [-0.2, 0) is 9.59 Å². The molecule has 1 aliphatic carbocycles. The highest BCUT2D eigenvalue weighted by molar-refractivity contribution is 6.35. The molecule has 162 valence electrons. The molecule has 2 aromatic rings. The van der Waals surface area contributed by atoms with E-state index in [0.717, 1.165) is 11.1 Å². The number of carbonyl (C=O) groups excluding carboxylic acids is 2. The minimum absolute atomic E-state index is 0.0233. The maximum Gasteiger partial charge on any atom is 0.225 e. The third-order valence-electron chi connectivity index (χ3n) is 5.83. The van der Waals surface area contributed by atoms with Crippen molar-refractivity contribution in [3.05, 3.63) is 68.8 Å². The minimum atomic E-state index is -0.364. The van der Waals surface area contributed by atoms with Gasteiger partial charge in [0.1, 0.15) is 0 Å². The van der Waals surface area contributed by atoms with Gasteiger partial charge in [0.15, 0.2) is 17.3 Å². The van der Waals surface area contributed by atoms with Crippen LogP contribution in [0.1, 0.15) is 49.1 Å². The number of hydrogen-bond acceptors (Lipinski definition) is 4. The Hall–Kier alpha value is -2.50. The highest BCUT2D eigenvalue weighted by Gasteiger charge is 2.39. The maximum atomic E-state index is 13.3. The van der Waals surface area contributed by atoms with Crippen LogP contribution in [0.5, 0.6) is 11.5 Å². The third kappa shape index (κ3) is 4.30. The Morgan fingerprint density at radius 2 is 1.84 bits per heavy atom. The number of ketones is 1. The average Bonchev–Trinajstić information content (AvgIpc) is 2.73. The van der Waals surface area contributed by atoms with Crippen molar-refractivity contribution in [3.8, 4) is 11.5 Å². The van der Waals surface area contributed by atoms with Gasteiger partial charge >= 0.3 is 0 Å². The standard InChI is InChI=1S/C24H23Cl2NO4/c1-3-31-21-7-4-13(10-22(21)30-2)14-8-19-24(20(28)9-14)17(12-23(29)27-19)16-6-5-15(25)11-18(16)26/h4-7,10-11,14,17H,3,8-9,12H2,1-2H3,(H,27,29)/t14-,17-/m0/s1. The summed E-state index contributed by atoms with van der Waals surface area (Å²) in [4.78, 5) is 25.8. The molecule has 1 aliphatic heterocycles. The summed E-state index contributed by atoms with van der Waals surface area (Å²) >= 11 is 12.4. The summed E-state index contributed by atoms with van der Waals surface area (Å²) in [7, 11) is 1.59. The molecule has 0 saturated heterocycles. The van der Waals surface area contributed by atoms with Gasteiger partial charge in [-0.1, -0.05) is 35.3 Å². The monoisotopic (exact) mass is 459 g/mol. The van der Waals surface area contributed by atoms with Crippen molar-refractivity contribution in [2.24, 2.45) is 0 Å². The maximum absolute atomic E-state index is 13.3. The summed E-state index contributed by atoms with van der Waals surface area (Å²) in [5.41, 5.74) is 3.06. The van der Waals surface area contributed by atoms with Crippen molar-refractivity contribution in [3.63, 3.8) is 0 Å². The van der Waals surface area contributed by atoms with Crippen LogP contribution in [0.3, 0.4) is 0 Å². The second kappa shape index (κ2) is 8.93. The van der Waals surface area contributed by atoms with E-state index in [4.69, 9.17) is 32.7 Å². The number of methoxy groups -OCH3 is 1. The molecule has 0 spiro atoms. The highest BCUT2D eigenvalue weighted by atomic mass is 35.5. The SMILES string of the molecule is CCOc1ccc([C@@H]2CC(=O)C3=C(C2)NC(=O)C[C@H]3c2ccc(Cl)cc2Cl)cc1OC. The lowest BCUT2D eigenvalue weighted by molar-refractivity contribution is -0.122. The first-order valence-corrected chi connectivity index (χ1v) is 11.0. The van der Waals surface area contributed by atoms with Gasteiger partial charge in [-0.25, -0.2) is 0 Å². The van der Waals surface area contributed by atoms with Gasteiger partial charge in [-0.3, -0.25) is 9.59 Å². The third-order valence-corrected chi connectivity index (χ3v) is 6.40. The number of halogens is 2. The molecule has 2 aromatic carbocycles. The van der Waals surface area contributed by atoms with Gasteiger partial charge in [0.05, 0.1) is 13.7 Å². The van der Waals surface area contributed by atoms with Crippen LogP contribution in [0.2, 0.25) is 10.0 Å². The number of amides is 1. The lowest BCUT2D eigenvalue weighted by Gasteiger charge is -2.35. The topological polar surface area (TPSA) is 64.6 Å². The zero-order valence-electron chi connectivity index (χ0n) is 17.3. The zero-order valence-corrected chi connectivity index (χ0v) is 18.8. The minimum Gasteiger partial charge on any atom is -0.493 e. The van der Waals surface area contributed by atoms with Crippen molar-refractivity contribution in [1.82, 2.24) is 5.32 Å². The molecule has 1 N–H and O–H groups in total. The first-order valence-electron chi connectivity index (χ1n) is 10.2. The Morgan fingerprint density at radius 1 is 1.03 bits per heavy atom. The number of allylic oxidation sites excluding steroid dienone is 2. The number of hydrogen-bond donors (Lipinski definition) is 1. The van der Waals surface area contributed by atoms with Crippen molar-refractivity contribution < 1.29 is 19.1 Å². The molecule has 2 atom stereocenters. The Kier molecular flexibility index (Phi) is 6.26. The van der Waals surface area contributed by atoms with E-state index in [9.17, 15) is 9.59 Å². The van der Waals surface area contributed by atoms with Gasteiger partial charge in [-0.05, 0) is 54.7 Å². The van der Waals surface area contributed by atoms with E-state index in [1.165, 1.54) is 0 Å². The number of nitrogens with one attached hydrogen (secondary N) is 1. The molecule has 7 heteroatoms. The molecule has 0 fully saturated rings. The normalized spacial score (nSPS) is 20.9. The summed E-state index contributed by atoms with van der Waals surface area (Å²) in [5.74, 6) is 0.777. The van der Waals surface area contributed by atoms with Crippen LogP contribution in [0, 0.1) is 0 Å². The van der Waals surface area contributed by atoms with Gasteiger partial charge in [0, 0.05) is 40.1 Å². The van der Waals surface area contributed by atoms with Gasteiger partial charge in [0.2, 0.25) is 5.91 Å². The van der Waals surface area contributed by atoms with E-state index in [2.05, 4.69) is 5.32 Å². The van der Waals surface area contributed by atoms with Crippen molar-refractivity contribution >= 4 is 34.9 Å². The fourth-order valence-electron chi connectivity index (χ4n) is 4.46. The van der Waals surface area contributed by atoms with Crippen molar-refractivity contribution in [2.45, 2.75) is 38.0 Å². The molecule has 4 rings (SSSR count). The largest absolute Gasteiger partial charge is 0.493 e. The molecule has 5 nitrogen and oxygen atoms in total. The second-order valence-corrected chi connectivity index (χ2v) is 8.58. The fraction of sp³-hybridized carbons (Fsp3) is 0.333. The molecule has 0 unspecified atom stereocenters. The highest BCUT2D eigenvalue weighted by Crippen LogP contribution is 2.45. The van der Waals surface area contributed by atoms with E-state index >= 15 is 0 Å². The van der Waals surface area contributed by atoms with Crippen molar-refractivity contribution in [2.75, 3.05) is 13.7 Å². The summed E-state index contributed by atoms with van der Waals surface area (Å²) in [6.07, 6.45) is 1.10. The van der Waals surface area contributed by atoms with E-state index in [1.807, 2.05) is 25.1 Å².